The summed E-state index contributed by atoms with van der Waals surface area (Å²) in [6, 6.07) is 0. The van der Waals surface area contributed by atoms with Crippen molar-refractivity contribution in [1.82, 2.24) is 0 Å². The van der Waals surface area contributed by atoms with E-state index in [9.17, 15) is 28.8 Å². The number of carbonyl (C=O) groups excluding carboxylic acids is 6. The highest BCUT2D eigenvalue weighted by Crippen LogP contribution is 2.03. The molecule has 4 atom stereocenters. The minimum atomic E-state index is -1.05. The van der Waals surface area contributed by atoms with Gasteiger partial charge in [0.15, 0.2) is 6.10 Å². The van der Waals surface area contributed by atoms with Crippen molar-refractivity contribution in [3.05, 3.63) is 0 Å². The molecule has 4 unspecified atom stereocenters. The number of rotatable bonds is 13. The molecule has 0 aliphatic rings. The lowest BCUT2D eigenvalue weighted by molar-refractivity contribution is -0.154. The lowest BCUT2D eigenvalue weighted by Gasteiger charge is -2.13. The first-order valence-electron chi connectivity index (χ1n) is 12.2. The fourth-order valence-corrected chi connectivity index (χ4v) is 1.90. The van der Waals surface area contributed by atoms with Gasteiger partial charge in [0.05, 0.1) is 38.3 Å². The van der Waals surface area contributed by atoms with Crippen LogP contribution in [0.25, 0.3) is 0 Å². The van der Waals surface area contributed by atoms with E-state index in [1.54, 1.807) is 41.5 Å². The largest absolute Gasteiger partial charge is 0.509 e. The van der Waals surface area contributed by atoms with Crippen LogP contribution in [0.15, 0.2) is 0 Å². The first-order chi connectivity index (χ1) is 18.2. The van der Waals surface area contributed by atoms with Crippen molar-refractivity contribution in [3.63, 3.8) is 0 Å². The molecular weight excluding hydrogens is 584 g/mol. The van der Waals surface area contributed by atoms with Crippen LogP contribution < -0.4 is 0 Å². The fraction of sp³-hybridized carbons (Fsp3) is 0.778. The number of carbonyl (C=O) groups is 6. The second-order valence-corrected chi connectivity index (χ2v) is 7.66. The molecule has 0 aromatic carbocycles. The third kappa shape index (κ3) is 31.4. The summed E-state index contributed by atoms with van der Waals surface area (Å²) in [6.07, 6.45) is -3.07. The van der Waals surface area contributed by atoms with Crippen molar-refractivity contribution in [2.75, 3.05) is 39.6 Å². The van der Waals surface area contributed by atoms with Crippen LogP contribution in [0.2, 0.25) is 0 Å². The molecule has 252 valence electrons. The second kappa shape index (κ2) is 32.4. The molecule has 0 spiro atoms. The molecule has 0 heterocycles. The van der Waals surface area contributed by atoms with E-state index in [1.807, 2.05) is 0 Å². The van der Waals surface area contributed by atoms with Gasteiger partial charge in [-0.25, -0.2) is 19.2 Å². The van der Waals surface area contributed by atoms with Gasteiger partial charge in [-0.2, -0.15) is 0 Å². The van der Waals surface area contributed by atoms with Crippen molar-refractivity contribution >= 4 is 47.1 Å². The zero-order valence-electron chi connectivity index (χ0n) is 23.7. The van der Waals surface area contributed by atoms with E-state index in [4.69, 9.17) is 26.2 Å². The predicted molar refractivity (Wildman–Crippen MR) is 156 cm³/mol. The summed E-state index contributed by atoms with van der Waals surface area (Å²) in [5.41, 5.74) is -0.911. The molecule has 14 nitrogen and oxygen atoms in total. The van der Waals surface area contributed by atoms with Gasteiger partial charge in [-0.1, -0.05) is 22.3 Å². The van der Waals surface area contributed by atoms with E-state index in [1.165, 1.54) is 13.8 Å². The number of hydrogen-bond donors (Lipinski definition) is 1. The Morgan fingerprint density at radius 3 is 1.21 bits per heavy atom. The Balaban J connectivity index is -0.000000122. The van der Waals surface area contributed by atoms with Crippen LogP contribution in [0, 0.1) is 11.8 Å². The third-order valence-electron chi connectivity index (χ3n) is 3.80. The molecule has 42 heavy (non-hydrogen) atoms. The van der Waals surface area contributed by atoms with Crippen LogP contribution in [-0.2, 0) is 52.3 Å². The standard InChI is InChI=1S/C12H20O7.C7H11ClO4.C5H10O3.3CH4/c1-5-16-10(13)8(3)7-18-12(15)19-9(4)11(14)17-6-2;1-3-11-6(9)5(2)4-12-7(8)10;1-3-8-5(7)4(2)6;;;/h8-9H,5-7H2,1-4H3;5H,3-4H2,1-2H3;4,6H,3H2,1-2H3;3*1H4. The Bertz CT molecular complexity index is 742. The number of aliphatic hydroxyl groups excluding tert-OH is 1. The Labute approximate surface area is 255 Å². The zero-order chi connectivity index (χ0) is 31.0. The first kappa shape index (κ1) is 51.6. The molecule has 0 aliphatic heterocycles. The van der Waals surface area contributed by atoms with Crippen LogP contribution in [0.4, 0.5) is 9.59 Å². The van der Waals surface area contributed by atoms with Gasteiger partial charge >= 0.3 is 35.5 Å². The Morgan fingerprint density at radius 1 is 0.571 bits per heavy atom. The van der Waals surface area contributed by atoms with Crippen molar-refractivity contribution in [2.45, 2.75) is 89.9 Å². The summed E-state index contributed by atoms with van der Waals surface area (Å²) in [5, 5.41) is 8.48. The number of esters is 4. The topological polar surface area (TPSA) is 187 Å². The molecule has 0 fully saturated rings. The lowest BCUT2D eigenvalue weighted by Crippen LogP contribution is -2.28. The van der Waals surface area contributed by atoms with Crippen LogP contribution in [0.1, 0.15) is 77.7 Å². The summed E-state index contributed by atoms with van der Waals surface area (Å²) < 4.78 is 32.2. The Hall–Kier alpha value is -3.13. The van der Waals surface area contributed by atoms with E-state index in [-0.39, 0.29) is 48.7 Å². The van der Waals surface area contributed by atoms with E-state index in [2.05, 4.69) is 23.7 Å². The van der Waals surface area contributed by atoms with E-state index in [0.717, 1.165) is 0 Å². The highest BCUT2D eigenvalue weighted by molar-refractivity contribution is 6.61. The highest BCUT2D eigenvalue weighted by atomic mass is 35.5. The van der Waals surface area contributed by atoms with Crippen LogP contribution in [0.3, 0.4) is 0 Å². The number of ether oxygens (including phenoxy) is 7. The van der Waals surface area contributed by atoms with Gasteiger partial charge in [-0.05, 0) is 55.4 Å². The maximum absolute atomic E-state index is 11.2. The number of aliphatic hydroxyl groups is 1. The van der Waals surface area contributed by atoms with Crippen LogP contribution >= 0.6 is 11.6 Å². The summed E-state index contributed by atoms with van der Waals surface area (Å²) in [5.74, 6) is -3.13. The maximum atomic E-state index is 11.2. The number of hydrogen-bond acceptors (Lipinski definition) is 14. The molecule has 0 aliphatic carbocycles. The fourth-order valence-electron chi connectivity index (χ4n) is 1.84. The highest BCUT2D eigenvalue weighted by Gasteiger charge is 2.22. The minimum Gasteiger partial charge on any atom is -0.466 e. The molecule has 15 heteroatoms. The average Bonchev–Trinajstić information content (AvgIpc) is 2.86. The molecule has 0 saturated carbocycles. The Morgan fingerprint density at radius 2 is 0.905 bits per heavy atom. The minimum absolute atomic E-state index is 0. The van der Waals surface area contributed by atoms with Gasteiger partial charge in [0.2, 0.25) is 0 Å². The molecular formula is C27H53ClO14. The second-order valence-electron chi connectivity index (χ2n) is 7.36. The summed E-state index contributed by atoms with van der Waals surface area (Å²) in [7, 11) is 0. The van der Waals surface area contributed by atoms with Crippen molar-refractivity contribution in [2.24, 2.45) is 11.8 Å². The first-order valence-corrected chi connectivity index (χ1v) is 12.6. The van der Waals surface area contributed by atoms with E-state index >= 15 is 0 Å². The van der Waals surface area contributed by atoms with Gasteiger partial charge in [0, 0.05) is 11.6 Å². The summed E-state index contributed by atoms with van der Waals surface area (Å²) in [4.78, 5) is 65.0. The van der Waals surface area contributed by atoms with E-state index < -0.39 is 59.5 Å². The molecule has 0 radical (unpaired) electrons. The van der Waals surface area contributed by atoms with Crippen molar-refractivity contribution in [1.29, 1.82) is 0 Å². The normalized spacial score (nSPS) is 11.8. The zero-order valence-corrected chi connectivity index (χ0v) is 24.4. The van der Waals surface area contributed by atoms with Gasteiger partial charge < -0.3 is 38.3 Å². The smallest absolute Gasteiger partial charge is 0.466 e. The average molecular weight is 637 g/mol. The van der Waals surface area contributed by atoms with Crippen LogP contribution in [0.5, 0.6) is 0 Å². The van der Waals surface area contributed by atoms with Crippen LogP contribution in [-0.4, -0.2) is 92.4 Å². The van der Waals surface area contributed by atoms with Crippen molar-refractivity contribution < 1.29 is 67.0 Å². The molecule has 1 N–H and O–H groups in total. The molecule has 0 aromatic heterocycles. The quantitative estimate of drug-likeness (QED) is 0.166. The van der Waals surface area contributed by atoms with Gasteiger partial charge in [0.25, 0.3) is 0 Å². The monoisotopic (exact) mass is 636 g/mol. The van der Waals surface area contributed by atoms with Gasteiger partial charge in [-0.15, -0.1) is 0 Å². The SMILES string of the molecule is C.C.C.CCOC(=O)C(C)COC(=O)Cl.CCOC(=O)C(C)COC(=O)OC(C)C(=O)OCC.CCOC(=O)C(C)O. The predicted octanol–water partition coefficient (Wildman–Crippen LogP) is 4.69. The summed E-state index contributed by atoms with van der Waals surface area (Å²) >= 11 is 4.89. The van der Waals surface area contributed by atoms with E-state index in [0.29, 0.717) is 13.2 Å². The molecule has 0 amide bonds. The number of halogens is 1. The van der Waals surface area contributed by atoms with Crippen molar-refractivity contribution in [3.8, 4) is 0 Å². The molecule has 0 saturated heterocycles. The lowest BCUT2D eigenvalue weighted by atomic mass is 10.2. The van der Waals surface area contributed by atoms with Gasteiger partial charge in [-0.3, -0.25) is 9.59 Å². The summed E-state index contributed by atoms with van der Waals surface area (Å²) in [6.45, 7) is 13.5. The van der Waals surface area contributed by atoms with Gasteiger partial charge in [0.1, 0.15) is 19.3 Å². The molecule has 0 bridgehead atoms. The Kier molecular flexibility index (Phi) is 39.8. The molecule has 0 rings (SSSR count). The molecule has 0 aromatic rings. The third-order valence-corrected chi connectivity index (χ3v) is 3.90. The maximum Gasteiger partial charge on any atom is 0.509 e.